The molecule has 0 aliphatic rings. The Morgan fingerprint density at radius 3 is 2.29 bits per heavy atom. The average Bonchev–Trinajstić information content (AvgIpc) is 2.52. The molecule has 128 valence electrons. The number of anilines is 1. The molecule has 2 N–H and O–H groups in total. The SMILES string of the molecule is CC(C)[C@H](NCC(=O)Nc1ccc(F)cc1Cl)c1ccc(F)cc1. The number of hydrogen-bond acceptors (Lipinski definition) is 2. The molecule has 0 fully saturated rings. The van der Waals surface area contributed by atoms with Crippen LogP contribution in [0.3, 0.4) is 0 Å². The summed E-state index contributed by atoms with van der Waals surface area (Å²) in [4.78, 5) is 12.1. The number of rotatable bonds is 6. The van der Waals surface area contributed by atoms with Gasteiger partial charge in [0, 0.05) is 6.04 Å². The van der Waals surface area contributed by atoms with Crippen LogP contribution in [0.25, 0.3) is 0 Å². The molecule has 6 heteroatoms. The minimum atomic E-state index is -0.465. The van der Waals surface area contributed by atoms with E-state index in [1.807, 2.05) is 13.8 Å². The Morgan fingerprint density at radius 2 is 1.71 bits per heavy atom. The van der Waals surface area contributed by atoms with E-state index in [1.54, 1.807) is 12.1 Å². The largest absolute Gasteiger partial charge is 0.324 e. The summed E-state index contributed by atoms with van der Waals surface area (Å²) >= 11 is 5.89. The molecule has 1 atom stereocenters. The fraction of sp³-hybridized carbons (Fsp3) is 0.278. The predicted octanol–water partition coefficient (Wildman–Crippen LogP) is 4.54. The minimum absolute atomic E-state index is 0.0495. The van der Waals surface area contributed by atoms with E-state index in [0.717, 1.165) is 11.6 Å². The number of nitrogens with one attached hydrogen (secondary N) is 2. The molecule has 2 aromatic carbocycles. The molecule has 0 radical (unpaired) electrons. The number of amides is 1. The van der Waals surface area contributed by atoms with Gasteiger partial charge in [0.15, 0.2) is 0 Å². The molecule has 0 saturated heterocycles. The van der Waals surface area contributed by atoms with Gasteiger partial charge in [0.25, 0.3) is 0 Å². The Hall–Kier alpha value is -1.98. The quantitative estimate of drug-likeness (QED) is 0.801. The zero-order chi connectivity index (χ0) is 17.7. The van der Waals surface area contributed by atoms with Crippen molar-refractivity contribution in [2.45, 2.75) is 19.9 Å². The van der Waals surface area contributed by atoms with Crippen molar-refractivity contribution < 1.29 is 13.6 Å². The first-order valence-electron chi connectivity index (χ1n) is 7.60. The van der Waals surface area contributed by atoms with E-state index in [0.29, 0.717) is 5.69 Å². The van der Waals surface area contributed by atoms with Crippen LogP contribution in [0, 0.1) is 17.6 Å². The third-order valence-corrected chi connectivity index (χ3v) is 3.90. The van der Waals surface area contributed by atoms with Crippen LogP contribution in [0.15, 0.2) is 42.5 Å². The maximum absolute atomic E-state index is 13.1. The van der Waals surface area contributed by atoms with Gasteiger partial charge in [-0.2, -0.15) is 0 Å². The van der Waals surface area contributed by atoms with Crippen molar-refractivity contribution in [2.24, 2.45) is 5.92 Å². The number of carbonyl (C=O) groups is 1. The highest BCUT2D eigenvalue weighted by Crippen LogP contribution is 2.23. The lowest BCUT2D eigenvalue weighted by molar-refractivity contribution is -0.115. The van der Waals surface area contributed by atoms with E-state index in [4.69, 9.17) is 11.6 Å². The van der Waals surface area contributed by atoms with Gasteiger partial charge in [0.1, 0.15) is 11.6 Å². The molecule has 2 aromatic rings. The van der Waals surface area contributed by atoms with Gasteiger partial charge in [-0.1, -0.05) is 37.6 Å². The van der Waals surface area contributed by atoms with E-state index in [9.17, 15) is 13.6 Å². The van der Waals surface area contributed by atoms with Crippen molar-refractivity contribution in [3.8, 4) is 0 Å². The van der Waals surface area contributed by atoms with Crippen LogP contribution in [0.5, 0.6) is 0 Å². The normalized spacial score (nSPS) is 12.2. The zero-order valence-electron chi connectivity index (χ0n) is 13.4. The third-order valence-electron chi connectivity index (χ3n) is 3.58. The second-order valence-electron chi connectivity index (χ2n) is 5.83. The van der Waals surface area contributed by atoms with E-state index < -0.39 is 5.82 Å². The predicted molar refractivity (Wildman–Crippen MR) is 92.0 cm³/mol. The summed E-state index contributed by atoms with van der Waals surface area (Å²) in [5, 5.41) is 5.93. The monoisotopic (exact) mass is 352 g/mol. The van der Waals surface area contributed by atoms with E-state index in [-0.39, 0.29) is 35.3 Å². The fourth-order valence-corrected chi connectivity index (χ4v) is 2.61. The summed E-state index contributed by atoms with van der Waals surface area (Å²) < 4.78 is 26.1. The van der Waals surface area contributed by atoms with Gasteiger partial charge in [0.2, 0.25) is 5.91 Å². The molecule has 3 nitrogen and oxygen atoms in total. The van der Waals surface area contributed by atoms with Crippen LogP contribution >= 0.6 is 11.6 Å². The second-order valence-corrected chi connectivity index (χ2v) is 6.23. The molecule has 0 bridgehead atoms. The lowest BCUT2D eigenvalue weighted by Crippen LogP contribution is -2.33. The maximum Gasteiger partial charge on any atom is 0.238 e. The number of benzene rings is 2. The molecule has 24 heavy (non-hydrogen) atoms. The van der Waals surface area contributed by atoms with Gasteiger partial charge in [-0.15, -0.1) is 0 Å². The zero-order valence-corrected chi connectivity index (χ0v) is 14.2. The summed E-state index contributed by atoms with van der Waals surface area (Å²) in [7, 11) is 0. The first-order chi connectivity index (χ1) is 11.4. The Labute approximate surface area is 145 Å². The molecular weight excluding hydrogens is 334 g/mol. The molecule has 0 aliphatic carbocycles. The lowest BCUT2D eigenvalue weighted by atomic mass is 9.96. The van der Waals surface area contributed by atoms with Crippen molar-refractivity contribution in [3.05, 3.63) is 64.7 Å². The summed E-state index contributed by atoms with van der Waals surface area (Å²) in [6, 6.07) is 9.86. The number of carbonyl (C=O) groups excluding carboxylic acids is 1. The lowest BCUT2D eigenvalue weighted by Gasteiger charge is -2.23. The topological polar surface area (TPSA) is 41.1 Å². The van der Waals surface area contributed by atoms with Crippen molar-refractivity contribution in [1.29, 1.82) is 0 Å². The molecule has 2 rings (SSSR count). The second kappa shape index (κ2) is 8.22. The first kappa shape index (κ1) is 18.4. The van der Waals surface area contributed by atoms with Crippen LogP contribution in [0.1, 0.15) is 25.5 Å². The highest BCUT2D eigenvalue weighted by Gasteiger charge is 2.17. The van der Waals surface area contributed by atoms with Crippen molar-refractivity contribution in [1.82, 2.24) is 5.32 Å². The van der Waals surface area contributed by atoms with Gasteiger partial charge >= 0.3 is 0 Å². The molecule has 0 aliphatic heterocycles. The van der Waals surface area contributed by atoms with E-state index in [1.165, 1.54) is 24.3 Å². The Morgan fingerprint density at radius 1 is 1.08 bits per heavy atom. The van der Waals surface area contributed by atoms with E-state index in [2.05, 4.69) is 10.6 Å². The van der Waals surface area contributed by atoms with Gasteiger partial charge in [0.05, 0.1) is 17.3 Å². The van der Waals surface area contributed by atoms with Gasteiger partial charge in [-0.3, -0.25) is 4.79 Å². The fourth-order valence-electron chi connectivity index (χ4n) is 2.40. The third kappa shape index (κ3) is 5.01. The Balaban J connectivity index is 1.98. The molecule has 0 aromatic heterocycles. The van der Waals surface area contributed by atoms with Gasteiger partial charge in [-0.05, 0) is 41.8 Å². The smallest absolute Gasteiger partial charge is 0.238 e. The van der Waals surface area contributed by atoms with Crippen LogP contribution in [-0.2, 0) is 4.79 Å². The first-order valence-corrected chi connectivity index (χ1v) is 7.98. The standard InChI is InChI=1S/C18H19ClF2N2O/c1-11(2)18(12-3-5-13(20)6-4-12)22-10-17(24)23-16-8-7-14(21)9-15(16)19/h3-9,11,18,22H,10H2,1-2H3,(H,23,24)/t18-/m0/s1. The molecule has 0 heterocycles. The average molecular weight is 353 g/mol. The van der Waals surface area contributed by atoms with Crippen molar-refractivity contribution >= 4 is 23.2 Å². The molecular formula is C18H19ClF2N2O. The molecule has 0 spiro atoms. The van der Waals surface area contributed by atoms with Gasteiger partial charge < -0.3 is 10.6 Å². The highest BCUT2D eigenvalue weighted by atomic mass is 35.5. The summed E-state index contributed by atoms with van der Waals surface area (Å²) in [5.41, 5.74) is 1.26. The Kier molecular flexibility index (Phi) is 6.29. The van der Waals surface area contributed by atoms with Crippen molar-refractivity contribution in [2.75, 3.05) is 11.9 Å². The molecule has 1 amide bonds. The van der Waals surface area contributed by atoms with Crippen LogP contribution in [0.4, 0.5) is 14.5 Å². The highest BCUT2D eigenvalue weighted by molar-refractivity contribution is 6.33. The number of halogens is 3. The summed E-state index contributed by atoms with van der Waals surface area (Å²) in [6.45, 7) is 4.07. The van der Waals surface area contributed by atoms with Crippen molar-refractivity contribution in [3.63, 3.8) is 0 Å². The van der Waals surface area contributed by atoms with Crippen LogP contribution < -0.4 is 10.6 Å². The van der Waals surface area contributed by atoms with E-state index >= 15 is 0 Å². The minimum Gasteiger partial charge on any atom is -0.324 e. The maximum atomic E-state index is 13.1. The van der Waals surface area contributed by atoms with Crippen LogP contribution in [-0.4, -0.2) is 12.5 Å². The van der Waals surface area contributed by atoms with Crippen LogP contribution in [0.2, 0.25) is 5.02 Å². The molecule has 0 unspecified atom stereocenters. The Bertz CT molecular complexity index is 705. The molecule has 0 saturated carbocycles. The summed E-state index contributed by atoms with van der Waals surface area (Å²) in [5.74, 6) is -0.855. The van der Waals surface area contributed by atoms with Gasteiger partial charge in [-0.25, -0.2) is 8.78 Å². The number of hydrogen-bond donors (Lipinski definition) is 2. The summed E-state index contributed by atoms with van der Waals surface area (Å²) in [6.07, 6.45) is 0.